The molecule has 1 fully saturated rings. The van der Waals surface area contributed by atoms with Crippen molar-refractivity contribution in [3.63, 3.8) is 0 Å². The van der Waals surface area contributed by atoms with E-state index in [4.69, 9.17) is 18.0 Å². The summed E-state index contributed by atoms with van der Waals surface area (Å²) in [5.74, 6) is 0.891. The third kappa shape index (κ3) is 1.74. The Bertz CT molecular complexity index is 348. The van der Waals surface area contributed by atoms with Crippen LogP contribution in [0.5, 0.6) is 0 Å². The zero-order chi connectivity index (χ0) is 9.97. The summed E-state index contributed by atoms with van der Waals surface area (Å²) < 4.78 is 2.83. The van der Waals surface area contributed by atoms with Crippen LogP contribution in [0.3, 0.4) is 0 Å². The van der Waals surface area contributed by atoms with Crippen molar-refractivity contribution in [3.05, 3.63) is 10.6 Å². The van der Waals surface area contributed by atoms with Crippen LogP contribution in [0.15, 0.2) is 0 Å². The molecule has 78 valence electrons. The molecule has 1 aliphatic carbocycles. The highest BCUT2D eigenvalue weighted by atomic mass is 32.1. The Kier molecular flexibility index (Phi) is 2.98. The average Bonchev–Trinajstić information content (AvgIpc) is 2.61. The molecule has 1 aromatic heterocycles. The topological polar surface area (TPSA) is 59.6 Å². The maximum Gasteiger partial charge on any atom is 0.195 e. The van der Waals surface area contributed by atoms with Crippen molar-refractivity contribution in [2.24, 2.45) is 5.73 Å². The molecule has 1 aromatic rings. The second kappa shape index (κ2) is 4.23. The number of hydrogen-bond donors (Lipinski definition) is 2. The Balaban J connectivity index is 2.28. The van der Waals surface area contributed by atoms with E-state index in [9.17, 15) is 0 Å². The van der Waals surface area contributed by atoms with Gasteiger partial charge >= 0.3 is 0 Å². The quantitative estimate of drug-likeness (QED) is 0.736. The van der Waals surface area contributed by atoms with E-state index in [1.165, 1.54) is 32.1 Å². The Morgan fingerprint density at radius 3 is 2.79 bits per heavy atom. The number of nitrogens with zero attached hydrogens (tertiary/aromatic N) is 2. The molecular weight excluding hydrogens is 196 g/mol. The summed E-state index contributed by atoms with van der Waals surface area (Å²) in [7, 11) is 0. The Morgan fingerprint density at radius 1 is 1.43 bits per heavy atom. The maximum atomic E-state index is 5.62. The first-order valence-corrected chi connectivity index (χ1v) is 5.59. The van der Waals surface area contributed by atoms with Gasteiger partial charge in [0.25, 0.3) is 0 Å². The molecule has 5 heteroatoms. The highest BCUT2D eigenvalue weighted by molar-refractivity contribution is 7.71. The van der Waals surface area contributed by atoms with E-state index in [0.29, 0.717) is 12.6 Å². The number of H-pyrrole nitrogens is 1. The van der Waals surface area contributed by atoms with Gasteiger partial charge in [-0.2, -0.15) is 5.10 Å². The molecule has 0 atom stereocenters. The van der Waals surface area contributed by atoms with Gasteiger partial charge in [-0.1, -0.05) is 19.3 Å². The van der Waals surface area contributed by atoms with Crippen LogP contribution in [-0.2, 0) is 6.54 Å². The average molecular weight is 212 g/mol. The van der Waals surface area contributed by atoms with Crippen LogP contribution >= 0.6 is 12.2 Å². The summed E-state index contributed by atoms with van der Waals surface area (Å²) in [5, 5.41) is 6.95. The fraction of sp³-hybridized carbons (Fsp3) is 0.778. The predicted octanol–water partition coefficient (Wildman–Crippen LogP) is 1.90. The molecule has 0 spiro atoms. The van der Waals surface area contributed by atoms with Gasteiger partial charge in [0, 0.05) is 6.04 Å². The van der Waals surface area contributed by atoms with Gasteiger partial charge in [0.1, 0.15) is 5.82 Å². The van der Waals surface area contributed by atoms with Crippen LogP contribution in [0.4, 0.5) is 0 Å². The van der Waals surface area contributed by atoms with Gasteiger partial charge < -0.3 is 5.73 Å². The first-order valence-electron chi connectivity index (χ1n) is 5.19. The van der Waals surface area contributed by atoms with Crippen LogP contribution in [0.25, 0.3) is 0 Å². The Labute approximate surface area is 88.5 Å². The zero-order valence-corrected chi connectivity index (χ0v) is 9.02. The molecule has 0 unspecified atom stereocenters. The number of rotatable bonds is 2. The predicted molar refractivity (Wildman–Crippen MR) is 57.4 cm³/mol. The summed E-state index contributed by atoms with van der Waals surface area (Å²) in [6.07, 6.45) is 6.35. The lowest BCUT2D eigenvalue weighted by atomic mass is 9.95. The monoisotopic (exact) mass is 212 g/mol. The number of nitrogens with two attached hydrogens (primary N) is 1. The molecule has 3 N–H and O–H groups in total. The van der Waals surface area contributed by atoms with Crippen LogP contribution in [0, 0.1) is 4.77 Å². The van der Waals surface area contributed by atoms with Crippen molar-refractivity contribution in [2.45, 2.75) is 44.7 Å². The maximum absolute atomic E-state index is 5.62. The van der Waals surface area contributed by atoms with Gasteiger partial charge in [-0.05, 0) is 25.1 Å². The van der Waals surface area contributed by atoms with E-state index in [2.05, 4.69) is 14.8 Å². The lowest BCUT2D eigenvalue weighted by Crippen LogP contribution is -2.17. The highest BCUT2D eigenvalue weighted by Crippen LogP contribution is 2.28. The van der Waals surface area contributed by atoms with Crippen LogP contribution < -0.4 is 5.73 Å². The molecule has 1 aliphatic rings. The molecule has 0 radical (unpaired) electrons. The molecule has 0 aromatic carbocycles. The van der Waals surface area contributed by atoms with Gasteiger partial charge in [0.05, 0.1) is 6.54 Å². The number of aromatic amines is 1. The van der Waals surface area contributed by atoms with Gasteiger partial charge in [0.2, 0.25) is 0 Å². The molecule has 0 bridgehead atoms. The third-order valence-corrected chi connectivity index (χ3v) is 3.19. The van der Waals surface area contributed by atoms with E-state index in [-0.39, 0.29) is 0 Å². The first kappa shape index (κ1) is 9.86. The Morgan fingerprint density at radius 2 is 2.14 bits per heavy atom. The fourth-order valence-electron chi connectivity index (χ4n) is 2.20. The lowest BCUT2D eigenvalue weighted by Gasteiger charge is -2.23. The van der Waals surface area contributed by atoms with Gasteiger partial charge in [-0.3, -0.25) is 9.67 Å². The minimum absolute atomic E-state index is 0.462. The van der Waals surface area contributed by atoms with E-state index in [1.807, 2.05) is 0 Å². The molecule has 1 saturated carbocycles. The third-order valence-electron chi connectivity index (χ3n) is 2.90. The Hall–Kier alpha value is -0.680. The number of hydrogen-bond acceptors (Lipinski definition) is 3. The molecule has 0 amide bonds. The van der Waals surface area contributed by atoms with Crippen molar-refractivity contribution in [1.82, 2.24) is 14.8 Å². The van der Waals surface area contributed by atoms with E-state index in [1.54, 1.807) is 0 Å². The molecule has 2 rings (SSSR count). The van der Waals surface area contributed by atoms with Gasteiger partial charge in [-0.25, -0.2) is 0 Å². The van der Waals surface area contributed by atoms with Crippen molar-refractivity contribution >= 4 is 12.2 Å². The fourth-order valence-corrected chi connectivity index (χ4v) is 2.50. The van der Waals surface area contributed by atoms with Crippen LogP contribution in [-0.4, -0.2) is 14.8 Å². The standard InChI is InChI=1S/C9H16N4S/c10-6-8-11-12-9(14)13(8)7-4-2-1-3-5-7/h7H,1-6,10H2,(H,12,14). The van der Waals surface area contributed by atoms with Crippen molar-refractivity contribution in [1.29, 1.82) is 0 Å². The second-order valence-electron chi connectivity index (χ2n) is 3.81. The van der Waals surface area contributed by atoms with Crippen LogP contribution in [0.2, 0.25) is 0 Å². The van der Waals surface area contributed by atoms with E-state index < -0.39 is 0 Å². The van der Waals surface area contributed by atoms with Crippen molar-refractivity contribution in [3.8, 4) is 0 Å². The first-order chi connectivity index (χ1) is 6.83. The summed E-state index contributed by atoms with van der Waals surface area (Å²) >= 11 is 5.21. The normalized spacial score (nSPS) is 18.6. The van der Waals surface area contributed by atoms with Crippen LogP contribution in [0.1, 0.15) is 44.0 Å². The van der Waals surface area contributed by atoms with E-state index >= 15 is 0 Å². The second-order valence-corrected chi connectivity index (χ2v) is 4.20. The largest absolute Gasteiger partial charge is 0.324 e. The highest BCUT2D eigenvalue weighted by Gasteiger charge is 2.18. The minimum atomic E-state index is 0.462. The summed E-state index contributed by atoms with van der Waals surface area (Å²) in [6, 6.07) is 0.522. The molecule has 14 heavy (non-hydrogen) atoms. The SMILES string of the molecule is NCc1n[nH]c(=S)n1C1CCCCC1. The minimum Gasteiger partial charge on any atom is -0.324 e. The summed E-state index contributed by atoms with van der Waals surface area (Å²) in [5.41, 5.74) is 5.62. The molecule has 0 saturated heterocycles. The van der Waals surface area contributed by atoms with Gasteiger partial charge in [0.15, 0.2) is 4.77 Å². The van der Waals surface area contributed by atoms with E-state index in [0.717, 1.165) is 10.6 Å². The van der Waals surface area contributed by atoms with Crippen molar-refractivity contribution in [2.75, 3.05) is 0 Å². The summed E-state index contributed by atoms with van der Waals surface area (Å²) in [6.45, 7) is 0.462. The number of aromatic nitrogens is 3. The smallest absolute Gasteiger partial charge is 0.195 e. The van der Waals surface area contributed by atoms with Crippen molar-refractivity contribution < 1.29 is 0 Å². The van der Waals surface area contributed by atoms with Gasteiger partial charge in [-0.15, -0.1) is 0 Å². The lowest BCUT2D eigenvalue weighted by molar-refractivity contribution is 0.343. The zero-order valence-electron chi connectivity index (χ0n) is 8.20. The number of nitrogens with one attached hydrogen (secondary N) is 1. The summed E-state index contributed by atoms with van der Waals surface area (Å²) in [4.78, 5) is 0. The molecular formula is C9H16N4S. The molecule has 4 nitrogen and oxygen atoms in total. The molecule has 0 aliphatic heterocycles. The molecule has 1 heterocycles.